The maximum Gasteiger partial charge on any atom is 0.217 e. The van der Waals surface area contributed by atoms with Gasteiger partial charge in [0.25, 0.3) is 0 Å². The summed E-state index contributed by atoms with van der Waals surface area (Å²) in [5.74, 6) is 1.61. The molecule has 1 aliphatic rings. The van der Waals surface area contributed by atoms with Gasteiger partial charge in [0.15, 0.2) is 11.5 Å². The van der Waals surface area contributed by atoms with E-state index in [0.717, 1.165) is 29.0 Å². The second-order valence-electron chi connectivity index (χ2n) is 5.86. The SMILES string of the molecule is CC(=O)NC(C)Cc1ccc(-c2ccc3c(c2)OCCO3)cc1. The van der Waals surface area contributed by atoms with Crippen LogP contribution in [0, 0.1) is 0 Å². The van der Waals surface area contributed by atoms with Crippen LogP contribution in [0.3, 0.4) is 0 Å². The summed E-state index contributed by atoms with van der Waals surface area (Å²) in [6.07, 6.45) is 0.820. The smallest absolute Gasteiger partial charge is 0.217 e. The third-order valence-electron chi connectivity index (χ3n) is 3.82. The van der Waals surface area contributed by atoms with Gasteiger partial charge in [0.2, 0.25) is 5.91 Å². The van der Waals surface area contributed by atoms with Crippen LogP contribution in [-0.4, -0.2) is 25.2 Å². The minimum Gasteiger partial charge on any atom is -0.486 e. The van der Waals surface area contributed by atoms with Crippen LogP contribution >= 0.6 is 0 Å². The molecule has 0 aliphatic carbocycles. The first kappa shape index (κ1) is 15.4. The summed E-state index contributed by atoms with van der Waals surface area (Å²) in [6.45, 7) is 4.75. The molecular weight excluding hydrogens is 290 g/mol. The zero-order valence-corrected chi connectivity index (χ0v) is 13.5. The summed E-state index contributed by atoms with van der Waals surface area (Å²) in [5.41, 5.74) is 3.45. The molecule has 3 rings (SSSR count). The average molecular weight is 311 g/mol. The summed E-state index contributed by atoms with van der Waals surface area (Å²) in [6, 6.07) is 14.5. The van der Waals surface area contributed by atoms with Crippen LogP contribution in [0.5, 0.6) is 11.5 Å². The average Bonchev–Trinajstić information content (AvgIpc) is 2.54. The minimum atomic E-state index is 0.00500. The molecule has 0 fully saturated rings. The first-order valence-electron chi connectivity index (χ1n) is 7.88. The standard InChI is InChI=1S/C19H21NO3/c1-13(20-14(2)21)11-15-3-5-16(6-4-15)17-7-8-18-19(12-17)23-10-9-22-18/h3-8,12-13H,9-11H2,1-2H3,(H,20,21). The third-order valence-corrected chi connectivity index (χ3v) is 3.82. The first-order chi connectivity index (χ1) is 11.1. The van der Waals surface area contributed by atoms with Crippen molar-refractivity contribution in [2.24, 2.45) is 0 Å². The molecule has 4 nitrogen and oxygen atoms in total. The van der Waals surface area contributed by atoms with Crippen molar-refractivity contribution in [2.45, 2.75) is 26.3 Å². The highest BCUT2D eigenvalue weighted by Gasteiger charge is 2.12. The maximum absolute atomic E-state index is 11.1. The van der Waals surface area contributed by atoms with E-state index in [4.69, 9.17) is 9.47 Å². The molecule has 1 amide bonds. The van der Waals surface area contributed by atoms with E-state index in [1.54, 1.807) is 6.92 Å². The lowest BCUT2D eigenvalue weighted by Gasteiger charge is -2.19. The van der Waals surface area contributed by atoms with Gasteiger partial charge in [-0.05, 0) is 42.2 Å². The topological polar surface area (TPSA) is 47.6 Å². The Morgan fingerprint density at radius 2 is 1.70 bits per heavy atom. The quantitative estimate of drug-likeness (QED) is 0.943. The minimum absolute atomic E-state index is 0.00500. The van der Waals surface area contributed by atoms with Crippen molar-refractivity contribution in [2.75, 3.05) is 13.2 Å². The highest BCUT2D eigenvalue weighted by Crippen LogP contribution is 2.34. The summed E-state index contributed by atoms with van der Waals surface area (Å²) < 4.78 is 11.2. The van der Waals surface area contributed by atoms with Gasteiger partial charge in [-0.2, -0.15) is 0 Å². The largest absolute Gasteiger partial charge is 0.486 e. The summed E-state index contributed by atoms with van der Waals surface area (Å²) >= 11 is 0. The van der Waals surface area contributed by atoms with Crippen LogP contribution in [0.1, 0.15) is 19.4 Å². The molecule has 1 aliphatic heterocycles. The number of benzene rings is 2. The molecule has 1 heterocycles. The van der Waals surface area contributed by atoms with Gasteiger partial charge in [-0.15, -0.1) is 0 Å². The molecular formula is C19H21NO3. The number of nitrogens with one attached hydrogen (secondary N) is 1. The molecule has 0 bridgehead atoms. The lowest BCUT2D eigenvalue weighted by atomic mass is 10.0. The zero-order chi connectivity index (χ0) is 16.2. The molecule has 1 unspecified atom stereocenters. The highest BCUT2D eigenvalue weighted by atomic mass is 16.6. The van der Waals surface area contributed by atoms with Crippen LogP contribution < -0.4 is 14.8 Å². The molecule has 1 atom stereocenters. The summed E-state index contributed by atoms with van der Waals surface area (Å²) in [4.78, 5) is 11.1. The number of hydrogen-bond donors (Lipinski definition) is 1. The lowest BCUT2D eigenvalue weighted by Crippen LogP contribution is -2.31. The van der Waals surface area contributed by atoms with Gasteiger partial charge in [0, 0.05) is 13.0 Å². The van der Waals surface area contributed by atoms with Crippen molar-refractivity contribution in [3.05, 3.63) is 48.0 Å². The van der Waals surface area contributed by atoms with E-state index in [0.29, 0.717) is 13.2 Å². The molecule has 120 valence electrons. The van der Waals surface area contributed by atoms with E-state index < -0.39 is 0 Å². The Bertz CT molecular complexity index is 694. The maximum atomic E-state index is 11.1. The second kappa shape index (κ2) is 6.73. The number of fused-ring (bicyclic) bond motifs is 1. The van der Waals surface area contributed by atoms with Crippen molar-refractivity contribution >= 4 is 5.91 Å². The van der Waals surface area contributed by atoms with Crippen LogP contribution in [0.25, 0.3) is 11.1 Å². The van der Waals surface area contributed by atoms with Crippen molar-refractivity contribution in [1.29, 1.82) is 0 Å². The zero-order valence-electron chi connectivity index (χ0n) is 13.5. The summed E-state index contributed by atoms with van der Waals surface area (Å²) in [7, 11) is 0. The Hall–Kier alpha value is -2.49. The van der Waals surface area contributed by atoms with E-state index in [2.05, 4.69) is 29.6 Å². The molecule has 0 aromatic heterocycles. The molecule has 0 spiro atoms. The molecule has 2 aromatic rings. The fourth-order valence-electron chi connectivity index (χ4n) is 2.81. The third kappa shape index (κ3) is 3.83. The first-order valence-corrected chi connectivity index (χ1v) is 7.88. The number of carbonyl (C=O) groups excluding carboxylic acids is 1. The van der Waals surface area contributed by atoms with Gasteiger partial charge in [-0.3, -0.25) is 4.79 Å². The Labute approximate surface area is 136 Å². The fraction of sp³-hybridized carbons (Fsp3) is 0.316. The van der Waals surface area contributed by atoms with Crippen LogP contribution in [0.2, 0.25) is 0 Å². The lowest BCUT2D eigenvalue weighted by molar-refractivity contribution is -0.119. The Morgan fingerprint density at radius 1 is 1.04 bits per heavy atom. The number of ether oxygens (including phenoxy) is 2. The Morgan fingerprint density at radius 3 is 2.39 bits per heavy atom. The monoisotopic (exact) mass is 311 g/mol. The number of hydrogen-bond acceptors (Lipinski definition) is 3. The fourth-order valence-corrected chi connectivity index (χ4v) is 2.81. The van der Waals surface area contributed by atoms with Crippen molar-refractivity contribution in [3.8, 4) is 22.6 Å². The van der Waals surface area contributed by atoms with Gasteiger partial charge >= 0.3 is 0 Å². The highest BCUT2D eigenvalue weighted by molar-refractivity contribution is 5.73. The van der Waals surface area contributed by atoms with E-state index in [1.807, 2.05) is 25.1 Å². The van der Waals surface area contributed by atoms with E-state index in [1.165, 1.54) is 5.56 Å². The number of carbonyl (C=O) groups is 1. The van der Waals surface area contributed by atoms with Crippen LogP contribution in [0.4, 0.5) is 0 Å². The van der Waals surface area contributed by atoms with Gasteiger partial charge in [-0.1, -0.05) is 30.3 Å². The number of amides is 1. The predicted molar refractivity (Wildman–Crippen MR) is 89.9 cm³/mol. The molecule has 2 aromatic carbocycles. The van der Waals surface area contributed by atoms with Crippen molar-refractivity contribution in [3.63, 3.8) is 0 Å². The van der Waals surface area contributed by atoms with Crippen molar-refractivity contribution < 1.29 is 14.3 Å². The Kier molecular flexibility index (Phi) is 4.51. The van der Waals surface area contributed by atoms with E-state index >= 15 is 0 Å². The van der Waals surface area contributed by atoms with Gasteiger partial charge in [-0.25, -0.2) is 0 Å². The van der Waals surface area contributed by atoms with E-state index in [-0.39, 0.29) is 11.9 Å². The van der Waals surface area contributed by atoms with Gasteiger partial charge in [0.1, 0.15) is 13.2 Å². The normalized spacial score (nSPS) is 14.2. The second-order valence-corrected chi connectivity index (χ2v) is 5.86. The molecule has 4 heteroatoms. The molecule has 0 saturated heterocycles. The summed E-state index contributed by atoms with van der Waals surface area (Å²) in [5, 5.41) is 2.90. The molecule has 23 heavy (non-hydrogen) atoms. The van der Waals surface area contributed by atoms with Gasteiger partial charge < -0.3 is 14.8 Å². The van der Waals surface area contributed by atoms with Crippen molar-refractivity contribution in [1.82, 2.24) is 5.32 Å². The molecule has 0 saturated carbocycles. The van der Waals surface area contributed by atoms with Crippen LogP contribution in [0.15, 0.2) is 42.5 Å². The van der Waals surface area contributed by atoms with Gasteiger partial charge in [0.05, 0.1) is 0 Å². The molecule has 1 N–H and O–H groups in total. The molecule has 0 radical (unpaired) electrons. The van der Waals surface area contributed by atoms with Crippen LogP contribution in [-0.2, 0) is 11.2 Å². The van der Waals surface area contributed by atoms with E-state index in [9.17, 15) is 4.79 Å². The Balaban J connectivity index is 1.73. The number of rotatable bonds is 4. The predicted octanol–water partition coefficient (Wildman–Crippen LogP) is 3.19.